The second kappa shape index (κ2) is 6.34. The van der Waals surface area contributed by atoms with Crippen molar-refractivity contribution in [3.8, 4) is 11.6 Å². The highest BCUT2D eigenvalue weighted by Crippen LogP contribution is 2.32. The van der Waals surface area contributed by atoms with Gasteiger partial charge in [-0.05, 0) is 29.8 Å². The third kappa shape index (κ3) is 4.19. The van der Waals surface area contributed by atoms with Crippen LogP contribution in [-0.2, 0) is 12.0 Å². The summed E-state index contributed by atoms with van der Waals surface area (Å²) in [6.45, 7) is 6.13. The van der Waals surface area contributed by atoms with E-state index in [4.69, 9.17) is 16.3 Å². The molecule has 0 aliphatic carbocycles. The molecule has 112 valence electrons. The van der Waals surface area contributed by atoms with E-state index in [1.165, 1.54) is 0 Å². The van der Waals surface area contributed by atoms with Crippen LogP contribution in [0.3, 0.4) is 0 Å². The largest absolute Gasteiger partial charge is 0.437 e. The van der Waals surface area contributed by atoms with E-state index >= 15 is 0 Å². The molecular weight excluding hydrogens is 354 g/mol. The fraction of sp³-hybridized carbons (Fsp3) is 0.312. The summed E-state index contributed by atoms with van der Waals surface area (Å²) in [5.41, 5.74) is 1.49. The number of halogens is 2. The van der Waals surface area contributed by atoms with Crippen molar-refractivity contribution in [3.63, 3.8) is 0 Å². The fourth-order valence-electron chi connectivity index (χ4n) is 1.76. The Morgan fingerprint density at radius 2 is 1.95 bits per heavy atom. The van der Waals surface area contributed by atoms with Gasteiger partial charge >= 0.3 is 0 Å². The molecule has 0 saturated carbocycles. The normalized spacial score (nSPS) is 11.5. The van der Waals surface area contributed by atoms with E-state index in [1.807, 2.05) is 12.1 Å². The first-order chi connectivity index (χ1) is 9.79. The van der Waals surface area contributed by atoms with Crippen molar-refractivity contribution in [1.29, 1.82) is 0 Å². The number of aromatic nitrogens is 1. The van der Waals surface area contributed by atoms with Crippen molar-refractivity contribution in [1.82, 2.24) is 4.98 Å². The Labute approximate surface area is 138 Å². The van der Waals surface area contributed by atoms with Gasteiger partial charge in [-0.2, -0.15) is 0 Å². The fourth-order valence-corrected chi connectivity index (χ4v) is 2.47. The van der Waals surface area contributed by atoms with Crippen molar-refractivity contribution in [2.24, 2.45) is 0 Å². The Balaban J connectivity index is 2.39. The van der Waals surface area contributed by atoms with Crippen LogP contribution in [0.4, 0.5) is 0 Å². The topological polar surface area (TPSA) is 42.4 Å². The maximum atomic E-state index is 9.39. The Bertz CT molecular complexity index is 653. The summed E-state index contributed by atoms with van der Waals surface area (Å²) in [4.78, 5) is 4.51. The molecule has 0 saturated heterocycles. The van der Waals surface area contributed by atoms with E-state index < -0.39 is 0 Å². The van der Waals surface area contributed by atoms with Crippen molar-refractivity contribution in [3.05, 3.63) is 51.1 Å². The Kier molecular flexibility index (Phi) is 4.91. The zero-order chi connectivity index (χ0) is 15.6. The summed E-state index contributed by atoms with van der Waals surface area (Å²) in [6, 6.07) is 8.99. The summed E-state index contributed by atoms with van der Waals surface area (Å²) in [5, 5.41) is 9.89. The van der Waals surface area contributed by atoms with Crippen molar-refractivity contribution in [2.75, 3.05) is 0 Å². The molecule has 0 aliphatic heterocycles. The molecule has 21 heavy (non-hydrogen) atoms. The maximum Gasteiger partial charge on any atom is 0.219 e. The molecular formula is C16H17BrClNO2. The summed E-state index contributed by atoms with van der Waals surface area (Å²) < 4.78 is 6.65. The van der Waals surface area contributed by atoms with Crippen LogP contribution in [0.25, 0.3) is 0 Å². The third-order valence-electron chi connectivity index (χ3n) is 2.92. The van der Waals surface area contributed by atoms with Gasteiger partial charge in [0.15, 0.2) is 0 Å². The first kappa shape index (κ1) is 16.3. The summed E-state index contributed by atoms with van der Waals surface area (Å²) in [6.07, 6.45) is 0. The minimum atomic E-state index is -0.132. The number of hydrogen-bond acceptors (Lipinski definition) is 3. The second-order valence-electron chi connectivity index (χ2n) is 5.78. The van der Waals surface area contributed by atoms with E-state index in [1.54, 1.807) is 18.2 Å². The number of ether oxygens (including phenoxy) is 1. The molecule has 0 aliphatic rings. The van der Waals surface area contributed by atoms with Crippen LogP contribution >= 0.6 is 27.5 Å². The zero-order valence-corrected chi connectivity index (χ0v) is 14.5. The minimum absolute atomic E-state index is 0.0595. The van der Waals surface area contributed by atoms with Crippen molar-refractivity contribution in [2.45, 2.75) is 32.8 Å². The number of aliphatic hydroxyl groups is 1. The molecule has 1 aromatic heterocycles. The number of rotatable bonds is 3. The van der Waals surface area contributed by atoms with Gasteiger partial charge in [0.2, 0.25) is 5.88 Å². The highest BCUT2D eigenvalue weighted by Gasteiger charge is 2.18. The van der Waals surface area contributed by atoms with Gasteiger partial charge in [-0.15, -0.1) is 0 Å². The number of hydrogen-bond donors (Lipinski definition) is 1. The predicted octanol–water partition coefficient (Wildman–Crippen LogP) is 5.08. The van der Waals surface area contributed by atoms with Gasteiger partial charge in [0, 0.05) is 16.0 Å². The SMILES string of the molecule is CC(C)(C)c1cc(CO)cc(Oc2ccc(Br)cc2Cl)n1. The third-order valence-corrected chi connectivity index (χ3v) is 3.71. The smallest absolute Gasteiger partial charge is 0.219 e. The standard InChI is InChI=1S/C16H17BrClNO2/c1-16(2,3)14-6-10(9-20)7-15(19-14)21-13-5-4-11(17)8-12(13)18/h4-8,20H,9H2,1-3H3. The minimum Gasteiger partial charge on any atom is -0.437 e. The van der Waals surface area contributed by atoms with Crippen LogP contribution in [-0.4, -0.2) is 10.1 Å². The van der Waals surface area contributed by atoms with Gasteiger partial charge in [0.05, 0.1) is 17.3 Å². The lowest BCUT2D eigenvalue weighted by Crippen LogP contribution is -2.14. The molecule has 0 fully saturated rings. The number of benzene rings is 1. The molecule has 0 amide bonds. The van der Waals surface area contributed by atoms with Gasteiger partial charge in [-0.3, -0.25) is 0 Å². The van der Waals surface area contributed by atoms with Crippen molar-refractivity contribution >= 4 is 27.5 Å². The lowest BCUT2D eigenvalue weighted by molar-refractivity contribution is 0.280. The maximum absolute atomic E-state index is 9.39. The molecule has 1 aromatic carbocycles. The number of nitrogens with zero attached hydrogens (tertiary/aromatic N) is 1. The lowest BCUT2D eigenvalue weighted by atomic mass is 9.91. The van der Waals surface area contributed by atoms with Crippen LogP contribution in [0, 0.1) is 0 Å². The molecule has 0 spiro atoms. The molecule has 5 heteroatoms. The Hall–Kier alpha value is -1.10. The zero-order valence-electron chi connectivity index (χ0n) is 12.2. The summed E-state index contributed by atoms with van der Waals surface area (Å²) >= 11 is 9.50. The van der Waals surface area contributed by atoms with Gasteiger partial charge < -0.3 is 9.84 Å². The van der Waals surface area contributed by atoms with E-state index in [2.05, 4.69) is 41.7 Å². The molecule has 1 N–H and O–H groups in total. The Morgan fingerprint density at radius 3 is 2.52 bits per heavy atom. The monoisotopic (exact) mass is 369 g/mol. The van der Waals surface area contributed by atoms with Gasteiger partial charge in [-0.1, -0.05) is 48.3 Å². The van der Waals surface area contributed by atoms with Crippen LogP contribution in [0.2, 0.25) is 5.02 Å². The van der Waals surface area contributed by atoms with Crippen LogP contribution < -0.4 is 4.74 Å². The molecule has 2 rings (SSSR count). The molecule has 1 heterocycles. The van der Waals surface area contributed by atoms with Gasteiger partial charge in [0.1, 0.15) is 5.75 Å². The first-order valence-electron chi connectivity index (χ1n) is 6.55. The molecule has 0 atom stereocenters. The number of aliphatic hydroxyl groups excluding tert-OH is 1. The Morgan fingerprint density at radius 1 is 1.24 bits per heavy atom. The van der Waals surface area contributed by atoms with Gasteiger partial charge in [-0.25, -0.2) is 4.98 Å². The van der Waals surface area contributed by atoms with Crippen LogP contribution in [0.5, 0.6) is 11.6 Å². The highest BCUT2D eigenvalue weighted by molar-refractivity contribution is 9.10. The average Bonchev–Trinajstić information content (AvgIpc) is 2.40. The average molecular weight is 371 g/mol. The predicted molar refractivity (Wildman–Crippen MR) is 88.1 cm³/mol. The van der Waals surface area contributed by atoms with E-state index in [0.717, 1.165) is 15.7 Å². The summed E-state index contributed by atoms with van der Waals surface area (Å²) in [5.74, 6) is 0.956. The first-order valence-corrected chi connectivity index (χ1v) is 7.72. The lowest BCUT2D eigenvalue weighted by Gasteiger charge is -2.19. The number of pyridine rings is 1. The highest BCUT2D eigenvalue weighted by atomic mass is 79.9. The van der Waals surface area contributed by atoms with Crippen molar-refractivity contribution < 1.29 is 9.84 Å². The molecule has 0 bridgehead atoms. The van der Waals surface area contributed by atoms with E-state index in [9.17, 15) is 5.11 Å². The molecule has 0 radical (unpaired) electrons. The van der Waals surface area contributed by atoms with Crippen LogP contribution in [0.15, 0.2) is 34.8 Å². The second-order valence-corrected chi connectivity index (χ2v) is 7.11. The van der Waals surface area contributed by atoms with E-state index in [0.29, 0.717) is 16.7 Å². The molecule has 2 aromatic rings. The molecule has 3 nitrogen and oxygen atoms in total. The van der Waals surface area contributed by atoms with E-state index in [-0.39, 0.29) is 12.0 Å². The summed E-state index contributed by atoms with van der Waals surface area (Å²) in [7, 11) is 0. The molecule has 0 unspecified atom stereocenters. The quantitative estimate of drug-likeness (QED) is 0.819. The van der Waals surface area contributed by atoms with Crippen LogP contribution in [0.1, 0.15) is 32.0 Å². The van der Waals surface area contributed by atoms with Gasteiger partial charge in [0.25, 0.3) is 0 Å².